The molecule has 0 aromatic heterocycles. The first-order valence-electron chi connectivity index (χ1n) is 7.63. The third-order valence-electron chi connectivity index (χ3n) is 3.90. The van der Waals surface area contributed by atoms with Gasteiger partial charge in [-0.05, 0) is 30.5 Å². The Kier molecular flexibility index (Phi) is 5.49. The molecule has 7 nitrogen and oxygen atoms in total. The maximum absolute atomic E-state index is 12.5. The van der Waals surface area contributed by atoms with Gasteiger partial charge in [-0.25, -0.2) is 4.79 Å². The Bertz CT molecular complexity index is 794. The van der Waals surface area contributed by atoms with E-state index in [0.717, 1.165) is 11.1 Å². The molecule has 0 unspecified atom stereocenters. The number of hydrogen-bond donors (Lipinski definition) is 2. The van der Waals surface area contributed by atoms with Crippen molar-refractivity contribution >= 4 is 17.6 Å². The second kappa shape index (κ2) is 7.57. The molecule has 0 saturated heterocycles. The average molecular weight is 342 g/mol. The lowest BCUT2D eigenvalue weighted by molar-refractivity contribution is -0.384. The molecule has 25 heavy (non-hydrogen) atoms. The van der Waals surface area contributed by atoms with E-state index in [1.807, 2.05) is 6.07 Å². The number of nitro benzene ring substituents is 1. The Hall–Kier alpha value is -3.22. The van der Waals surface area contributed by atoms with Crippen LogP contribution >= 0.6 is 0 Å². The van der Waals surface area contributed by atoms with Crippen LogP contribution in [0, 0.1) is 24.0 Å². The molecular formula is C18H18N2O5. The van der Waals surface area contributed by atoms with E-state index in [1.165, 1.54) is 24.3 Å². The van der Waals surface area contributed by atoms with E-state index in [-0.39, 0.29) is 12.1 Å². The quantitative estimate of drug-likeness (QED) is 0.619. The molecule has 2 rings (SSSR count). The number of nitrogens with zero attached hydrogens (tertiary/aromatic N) is 1. The summed E-state index contributed by atoms with van der Waals surface area (Å²) in [5.74, 6) is -1.62. The van der Waals surface area contributed by atoms with Crippen LogP contribution < -0.4 is 5.32 Å². The fourth-order valence-corrected chi connectivity index (χ4v) is 2.59. The molecule has 2 N–H and O–H groups in total. The summed E-state index contributed by atoms with van der Waals surface area (Å²) < 4.78 is 0. The highest BCUT2D eigenvalue weighted by Gasteiger charge is 2.23. The van der Waals surface area contributed by atoms with Crippen LogP contribution in [0.2, 0.25) is 0 Å². The molecule has 0 bridgehead atoms. The van der Waals surface area contributed by atoms with E-state index in [0.29, 0.717) is 11.1 Å². The summed E-state index contributed by atoms with van der Waals surface area (Å²) in [5.41, 5.74) is 2.49. The Balaban J connectivity index is 2.17. The molecule has 0 heterocycles. The zero-order valence-electron chi connectivity index (χ0n) is 13.9. The Morgan fingerprint density at radius 2 is 1.68 bits per heavy atom. The number of amides is 1. The van der Waals surface area contributed by atoms with E-state index < -0.39 is 22.8 Å². The highest BCUT2D eigenvalue weighted by atomic mass is 16.6. The fraction of sp³-hybridized carbons (Fsp3) is 0.222. The molecule has 0 spiro atoms. The molecule has 2 aromatic rings. The molecule has 0 aliphatic heterocycles. The zero-order valence-corrected chi connectivity index (χ0v) is 13.9. The number of carbonyl (C=O) groups excluding carboxylic acids is 1. The lowest BCUT2D eigenvalue weighted by Gasteiger charge is -2.16. The third-order valence-corrected chi connectivity index (χ3v) is 3.90. The van der Waals surface area contributed by atoms with Gasteiger partial charge in [0.15, 0.2) is 0 Å². The number of non-ortho nitro benzene ring substituents is 1. The van der Waals surface area contributed by atoms with Crippen LogP contribution in [0.5, 0.6) is 0 Å². The van der Waals surface area contributed by atoms with Crippen LogP contribution in [-0.4, -0.2) is 27.9 Å². The van der Waals surface area contributed by atoms with Gasteiger partial charge in [0.25, 0.3) is 11.6 Å². The van der Waals surface area contributed by atoms with Crippen molar-refractivity contribution in [2.45, 2.75) is 26.3 Å². The number of carboxylic acid groups (broad SMARTS) is 1. The van der Waals surface area contributed by atoms with Gasteiger partial charge in [0.05, 0.1) is 4.92 Å². The smallest absolute Gasteiger partial charge is 0.326 e. The lowest BCUT2D eigenvalue weighted by Crippen LogP contribution is -2.42. The highest BCUT2D eigenvalue weighted by Crippen LogP contribution is 2.15. The van der Waals surface area contributed by atoms with Crippen LogP contribution in [0.4, 0.5) is 5.69 Å². The summed E-state index contributed by atoms with van der Waals surface area (Å²) in [5, 5.41) is 22.6. The van der Waals surface area contributed by atoms with Gasteiger partial charge in [-0.3, -0.25) is 14.9 Å². The molecular weight excluding hydrogens is 324 g/mol. The lowest BCUT2D eigenvalue weighted by atomic mass is 10.0. The van der Waals surface area contributed by atoms with Crippen LogP contribution in [0.15, 0.2) is 42.5 Å². The van der Waals surface area contributed by atoms with E-state index in [2.05, 4.69) is 5.32 Å². The van der Waals surface area contributed by atoms with Crippen molar-refractivity contribution in [3.8, 4) is 0 Å². The third kappa shape index (κ3) is 4.41. The predicted molar refractivity (Wildman–Crippen MR) is 91.6 cm³/mol. The molecule has 1 amide bonds. The van der Waals surface area contributed by atoms with Gasteiger partial charge in [0.2, 0.25) is 0 Å². The molecule has 2 aromatic carbocycles. The van der Waals surface area contributed by atoms with E-state index in [9.17, 15) is 24.8 Å². The Morgan fingerprint density at radius 1 is 1.12 bits per heavy atom. The van der Waals surface area contributed by atoms with E-state index >= 15 is 0 Å². The van der Waals surface area contributed by atoms with Crippen molar-refractivity contribution in [3.05, 3.63) is 74.8 Å². The van der Waals surface area contributed by atoms with Gasteiger partial charge < -0.3 is 10.4 Å². The van der Waals surface area contributed by atoms with Gasteiger partial charge in [-0.15, -0.1) is 0 Å². The van der Waals surface area contributed by atoms with Crippen molar-refractivity contribution in [2.24, 2.45) is 0 Å². The predicted octanol–water partition coefficient (Wildman–Crippen LogP) is 2.64. The topological polar surface area (TPSA) is 110 Å². The Labute approximate surface area is 144 Å². The molecule has 130 valence electrons. The van der Waals surface area contributed by atoms with Crippen LogP contribution in [-0.2, 0) is 11.2 Å². The summed E-state index contributed by atoms with van der Waals surface area (Å²) in [4.78, 5) is 34.1. The second-order valence-corrected chi connectivity index (χ2v) is 5.76. The normalized spacial score (nSPS) is 11.6. The summed E-state index contributed by atoms with van der Waals surface area (Å²) in [6, 6.07) is 9.85. The van der Waals surface area contributed by atoms with Crippen molar-refractivity contribution in [1.29, 1.82) is 0 Å². The van der Waals surface area contributed by atoms with E-state index in [1.54, 1.807) is 26.0 Å². The number of nitro groups is 1. The van der Waals surface area contributed by atoms with Crippen LogP contribution in [0.3, 0.4) is 0 Å². The average Bonchev–Trinajstić information content (AvgIpc) is 2.54. The molecule has 1 atom stereocenters. The second-order valence-electron chi connectivity index (χ2n) is 5.76. The molecule has 0 radical (unpaired) electrons. The van der Waals surface area contributed by atoms with E-state index in [4.69, 9.17) is 0 Å². The standard InChI is InChI=1S/C18H18N2O5/c1-11-4-3-5-12(2)16(11)17(21)19-15(18(22)23)10-13-6-8-14(9-7-13)20(24)25/h3-9,15H,10H2,1-2H3,(H,19,21)(H,22,23)/t15-/m0/s1. The molecule has 7 heteroatoms. The Morgan fingerprint density at radius 3 is 2.16 bits per heavy atom. The van der Waals surface area contributed by atoms with Crippen LogP contribution in [0.25, 0.3) is 0 Å². The number of carbonyl (C=O) groups is 2. The van der Waals surface area contributed by atoms with Crippen molar-refractivity contribution < 1.29 is 19.6 Å². The molecule has 0 aliphatic rings. The van der Waals surface area contributed by atoms with Crippen LogP contribution in [0.1, 0.15) is 27.0 Å². The molecule has 0 saturated carbocycles. The summed E-state index contributed by atoms with van der Waals surface area (Å²) in [7, 11) is 0. The van der Waals surface area contributed by atoms with Gasteiger partial charge >= 0.3 is 5.97 Å². The maximum Gasteiger partial charge on any atom is 0.326 e. The minimum atomic E-state index is -1.17. The van der Waals surface area contributed by atoms with Gasteiger partial charge in [0, 0.05) is 24.1 Å². The number of benzene rings is 2. The number of rotatable bonds is 6. The van der Waals surface area contributed by atoms with Gasteiger partial charge in [0.1, 0.15) is 6.04 Å². The first-order chi connectivity index (χ1) is 11.8. The van der Waals surface area contributed by atoms with Gasteiger partial charge in [-0.2, -0.15) is 0 Å². The number of aryl methyl sites for hydroxylation is 2. The number of carboxylic acids is 1. The summed E-state index contributed by atoms with van der Waals surface area (Å²) >= 11 is 0. The zero-order chi connectivity index (χ0) is 18.6. The van der Waals surface area contributed by atoms with Crippen molar-refractivity contribution in [1.82, 2.24) is 5.32 Å². The van der Waals surface area contributed by atoms with Crippen molar-refractivity contribution in [2.75, 3.05) is 0 Å². The maximum atomic E-state index is 12.5. The highest BCUT2D eigenvalue weighted by molar-refractivity contribution is 5.99. The number of hydrogen-bond acceptors (Lipinski definition) is 4. The first-order valence-corrected chi connectivity index (χ1v) is 7.63. The number of nitrogens with one attached hydrogen (secondary N) is 1. The number of aliphatic carboxylic acids is 1. The largest absolute Gasteiger partial charge is 0.480 e. The molecule has 0 fully saturated rings. The summed E-state index contributed by atoms with van der Waals surface area (Å²) in [6.45, 7) is 3.57. The molecule has 0 aliphatic carbocycles. The van der Waals surface area contributed by atoms with Crippen molar-refractivity contribution in [3.63, 3.8) is 0 Å². The SMILES string of the molecule is Cc1cccc(C)c1C(=O)N[C@@H](Cc1ccc([N+](=O)[O-])cc1)C(=O)O. The monoisotopic (exact) mass is 342 g/mol. The first kappa shape index (κ1) is 18.1. The summed E-state index contributed by atoms with van der Waals surface area (Å²) in [6.07, 6.45) is 0.0317. The van der Waals surface area contributed by atoms with Gasteiger partial charge in [-0.1, -0.05) is 30.3 Å². The minimum absolute atomic E-state index is 0.0317. The fourth-order valence-electron chi connectivity index (χ4n) is 2.59. The minimum Gasteiger partial charge on any atom is -0.480 e.